The molecule has 9 heteroatoms. The fourth-order valence-corrected chi connectivity index (χ4v) is 7.23. The number of aromatic nitrogens is 2. The maximum Gasteiger partial charge on any atom is 0.229 e. The van der Waals surface area contributed by atoms with Gasteiger partial charge in [0.15, 0.2) is 5.82 Å². The predicted molar refractivity (Wildman–Crippen MR) is 155 cm³/mol. The molecule has 3 atom stereocenters. The quantitative estimate of drug-likeness (QED) is 0.308. The second-order valence-electron chi connectivity index (χ2n) is 10.6. The molecule has 3 unspecified atom stereocenters. The number of anilines is 4. The molecule has 6 rings (SSSR count). The average molecular weight is 547 g/mol. The molecule has 2 aromatic carbocycles. The van der Waals surface area contributed by atoms with E-state index in [1.54, 1.807) is 12.3 Å². The SMILES string of the molecule is CP(C)c1cc(C#N)ccc1Nc1nc(Nc2ccc3c(c2)CCC(N2C4COCC2C4)CC3)ncc1Cl. The first-order chi connectivity index (χ1) is 18.5. The van der Waals surface area contributed by atoms with E-state index in [1.165, 1.54) is 30.4 Å². The van der Waals surface area contributed by atoms with Gasteiger partial charge in [-0.3, -0.25) is 4.90 Å². The van der Waals surface area contributed by atoms with E-state index < -0.39 is 7.92 Å². The zero-order chi connectivity index (χ0) is 26.2. The van der Waals surface area contributed by atoms with E-state index in [4.69, 9.17) is 16.3 Å². The lowest BCUT2D eigenvalue weighted by Crippen LogP contribution is -2.66. The van der Waals surface area contributed by atoms with Crippen molar-refractivity contribution in [3.05, 3.63) is 64.3 Å². The lowest BCUT2D eigenvalue weighted by Gasteiger charge is -2.56. The average Bonchev–Trinajstić information content (AvgIpc) is 3.13. The van der Waals surface area contributed by atoms with Crippen molar-refractivity contribution in [3.8, 4) is 6.07 Å². The molecule has 0 radical (unpaired) electrons. The molecule has 7 nitrogen and oxygen atoms in total. The fraction of sp³-hybridized carbons (Fsp3) is 0.414. The summed E-state index contributed by atoms with van der Waals surface area (Å²) in [6.07, 6.45) is 7.54. The Balaban J connectivity index is 1.17. The van der Waals surface area contributed by atoms with Crippen LogP contribution in [0.25, 0.3) is 0 Å². The predicted octanol–water partition coefficient (Wildman–Crippen LogP) is 5.58. The zero-order valence-corrected chi connectivity index (χ0v) is 23.4. The van der Waals surface area contributed by atoms with Crippen molar-refractivity contribution in [2.45, 2.75) is 50.2 Å². The molecule has 1 aromatic heterocycles. The molecule has 0 spiro atoms. The van der Waals surface area contributed by atoms with Crippen molar-refractivity contribution in [1.82, 2.24) is 14.9 Å². The maximum absolute atomic E-state index is 9.30. The highest BCUT2D eigenvalue weighted by atomic mass is 35.5. The number of hydrogen-bond donors (Lipinski definition) is 2. The van der Waals surface area contributed by atoms with Crippen molar-refractivity contribution in [3.63, 3.8) is 0 Å². The molecule has 3 heterocycles. The molecule has 2 N–H and O–H groups in total. The van der Waals surface area contributed by atoms with Crippen LogP contribution in [-0.4, -0.2) is 59.5 Å². The summed E-state index contributed by atoms with van der Waals surface area (Å²) >= 11 is 6.47. The summed E-state index contributed by atoms with van der Waals surface area (Å²) in [5.74, 6) is 1.02. The summed E-state index contributed by atoms with van der Waals surface area (Å²) in [7, 11) is -0.432. The summed E-state index contributed by atoms with van der Waals surface area (Å²) in [5, 5.41) is 17.6. The number of nitrogens with one attached hydrogen (secondary N) is 2. The lowest BCUT2D eigenvalue weighted by molar-refractivity contribution is -0.148. The van der Waals surface area contributed by atoms with Crippen LogP contribution in [-0.2, 0) is 17.6 Å². The number of rotatable bonds is 6. The van der Waals surface area contributed by atoms with Gasteiger partial charge in [-0.1, -0.05) is 25.6 Å². The van der Waals surface area contributed by atoms with Gasteiger partial charge >= 0.3 is 0 Å². The summed E-state index contributed by atoms with van der Waals surface area (Å²) in [6, 6.07) is 16.4. The van der Waals surface area contributed by atoms with Crippen LogP contribution in [0.5, 0.6) is 0 Å². The summed E-state index contributed by atoms with van der Waals surface area (Å²) < 4.78 is 5.71. The first kappa shape index (κ1) is 25.5. The molecule has 0 saturated carbocycles. The number of fused-ring (bicyclic) bond motifs is 3. The first-order valence-corrected chi connectivity index (χ1v) is 15.8. The highest BCUT2D eigenvalue weighted by Crippen LogP contribution is 2.38. The van der Waals surface area contributed by atoms with E-state index in [9.17, 15) is 5.26 Å². The first-order valence-electron chi connectivity index (χ1n) is 13.2. The van der Waals surface area contributed by atoms with Crippen molar-refractivity contribution < 1.29 is 4.74 Å². The van der Waals surface area contributed by atoms with E-state index in [1.807, 2.05) is 12.1 Å². The normalized spacial score (nSPS) is 22.7. The highest BCUT2D eigenvalue weighted by Gasteiger charge is 2.45. The summed E-state index contributed by atoms with van der Waals surface area (Å²) in [5.41, 5.74) is 5.39. The van der Waals surface area contributed by atoms with Crippen LogP contribution in [0.1, 0.15) is 36.0 Å². The molecule has 2 fully saturated rings. The van der Waals surface area contributed by atoms with Crippen molar-refractivity contribution >= 4 is 48.0 Å². The van der Waals surface area contributed by atoms with Crippen molar-refractivity contribution in [2.75, 3.05) is 37.2 Å². The number of halogens is 1. The number of nitriles is 1. The Kier molecular flexibility index (Phi) is 7.24. The summed E-state index contributed by atoms with van der Waals surface area (Å²) in [4.78, 5) is 11.8. The largest absolute Gasteiger partial charge is 0.378 e. The third kappa shape index (κ3) is 5.11. The minimum atomic E-state index is -0.432. The van der Waals surface area contributed by atoms with Gasteiger partial charge < -0.3 is 15.4 Å². The topological polar surface area (TPSA) is 86.1 Å². The van der Waals surface area contributed by atoms with Gasteiger partial charge in [-0.2, -0.15) is 10.2 Å². The van der Waals surface area contributed by atoms with Crippen LogP contribution < -0.4 is 15.9 Å². The molecule has 0 amide bonds. The monoisotopic (exact) mass is 546 g/mol. The van der Waals surface area contributed by atoms with Gasteiger partial charge in [0, 0.05) is 34.8 Å². The molecule has 1 aliphatic carbocycles. The number of ether oxygens (including phenoxy) is 1. The Hall–Kier alpha value is -2.75. The van der Waals surface area contributed by atoms with Crippen molar-refractivity contribution in [1.29, 1.82) is 5.26 Å². The third-order valence-electron chi connectivity index (χ3n) is 7.99. The summed E-state index contributed by atoms with van der Waals surface area (Å²) in [6.45, 7) is 6.12. The number of aryl methyl sites for hydroxylation is 2. The van der Waals surface area contributed by atoms with Gasteiger partial charge in [0.05, 0.1) is 31.0 Å². The fourth-order valence-electron chi connectivity index (χ4n) is 6.08. The molecule has 2 saturated heterocycles. The third-order valence-corrected chi connectivity index (χ3v) is 9.60. The van der Waals surface area contributed by atoms with E-state index in [2.05, 4.69) is 63.1 Å². The van der Waals surface area contributed by atoms with Crippen molar-refractivity contribution in [2.24, 2.45) is 0 Å². The Morgan fingerprint density at radius 3 is 2.55 bits per heavy atom. The van der Waals surface area contributed by atoms with E-state index in [0.29, 0.717) is 40.5 Å². The molecule has 2 aliphatic heterocycles. The highest BCUT2D eigenvalue weighted by molar-refractivity contribution is 7.64. The van der Waals surface area contributed by atoms with Crippen LogP contribution in [0.15, 0.2) is 42.6 Å². The Morgan fingerprint density at radius 2 is 1.82 bits per heavy atom. The Bertz CT molecular complexity index is 1380. The standard InChI is InChI=1S/C29H32ClN6OP/c1-38(2)27-11-18(14-31)3-10-26(27)34-28-25(30)15-32-29(35-28)33-21-7-4-19-5-8-22(9-6-20(19)12-21)36-23-13-24(36)17-37-16-23/h3-4,7,10-12,15,22-24H,5-6,8-9,13,16-17H2,1-2H3,(H2,32,33,34,35). The number of morpholine rings is 1. The van der Waals surface area contributed by atoms with Crippen LogP contribution >= 0.6 is 19.5 Å². The molecule has 2 bridgehead atoms. The second kappa shape index (κ2) is 10.8. The molecule has 3 aliphatic rings. The molecule has 3 aromatic rings. The van der Waals surface area contributed by atoms with Crippen LogP contribution in [0, 0.1) is 11.3 Å². The molecular formula is C29H32ClN6OP. The number of hydrogen-bond acceptors (Lipinski definition) is 7. The minimum Gasteiger partial charge on any atom is -0.378 e. The lowest BCUT2D eigenvalue weighted by atomic mass is 9.87. The van der Waals surface area contributed by atoms with Gasteiger partial charge in [0.25, 0.3) is 0 Å². The second-order valence-corrected chi connectivity index (χ2v) is 13.3. The molecule has 38 heavy (non-hydrogen) atoms. The van der Waals surface area contributed by atoms with Crippen LogP contribution in [0.3, 0.4) is 0 Å². The van der Waals surface area contributed by atoms with Gasteiger partial charge in [-0.05, 0) is 86.9 Å². The van der Waals surface area contributed by atoms with E-state index in [0.717, 1.165) is 42.7 Å². The van der Waals surface area contributed by atoms with Gasteiger partial charge in [0.2, 0.25) is 5.95 Å². The Morgan fingerprint density at radius 1 is 1.03 bits per heavy atom. The van der Waals surface area contributed by atoms with Gasteiger partial charge in [0.1, 0.15) is 5.02 Å². The van der Waals surface area contributed by atoms with E-state index >= 15 is 0 Å². The van der Waals surface area contributed by atoms with Gasteiger partial charge in [-0.15, -0.1) is 0 Å². The van der Waals surface area contributed by atoms with Crippen LogP contribution in [0.4, 0.5) is 23.1 Å². The molecular weight excluding hydrogens is 515 g/mol. The van der Waals surface area contributed by atoms with Crippen LogP contribution in [0.2, 0.25) is 5.02 Å². The number of benzene rings is 2. The Labute approximate surface area is 230 Å². The number of nitrogens with zero attached hydrogens (tertiary/aromatic N) is 4. The smallest absolute Gasteiger partial charge is 0.229 e. The maximum atomic E-state index is 9.30. The van der Waals surface area contributed by atoms with E-state index in [-0.39, 0.29) is 0 Å². The zero-order valence-electron chi connectivity index (χ0n) is 21.7. The van der Waals surface area contributed by atoms with Gasteiger partial charge in [-0.25, -0.2) is 4.98 Å². The molecule has 196 valence electrons. The minimum absolute atomic E-state index is 0.432.